The third-order valence-electron chi connectivity index (χ3n) is 6.38. The Hall–Kier alpha value is -3.92. The van der Waals surface area contributed by atoms with Crippen LogP contribution in [0, 0.1) is 12.7 Å². The van der Waals surface area contributed by atoms with E-state index in [-0.39, 0.29) is 5.82 Å². The predicted octanol–water partition coefficient (Wildman–Crippen LogP) is 7.64. The summed E-state index contributed by atoms with van der Waals surface area (Å²) in [5.74, 6) is 0.333. The van der Waals surface area contributed by atoms with Crippen LogP contribution in [0.1, 0.15) is 35.4 Å². The van der Waals surface area contributed by atoms with Crippen LogP contribution in [0.2, 0.25) is 6.32 Å². The lowest BCUT2D eigenvalue weighted by Crippen LogP contribution is -2.00. The number of halogens is 1. The summed E-state index contributed by atoms with van der Waals surface area (Å²) in [6.07, 6.45) is 7.36. The zero-order chi connectivity index (χ0) is 25.2. The van der Waals surface area contributed by atoms with Gasteiger partial charge in [0.1, 0.15) is 13.7 Å². The number of hydrogen-bond donors (Lipinski definition) is 0. The van der Waals surface area contributed by atoms with E-state index >= 15 is 0 Å². The summed E-state index contributed by atoms with van der Waals surface area (Å²) in [5.41, 5.74) is 6.78. The van der Waals surface area contributed by atoms with Gasteiger partial charge in [-0.05, 0) is 48.2 Å². The minimum Gasteiger partial charge on any atom is -0.299 e. The van der Waals surface area contributed by atoms with E-state index in [0.29, 0.717) is 5.92 Å². The molecular formula is C32H32BFN2. The Morgan fingerprint density at radius 1 is 0.806 bits per heavy atom. The van der Waals surface area contributed by atoms with Crippen molar-refractivity contribution >= 4 is 7.85 Å². The molecule has 0 amide bonds. The van der Waals surface area contributed by atoms with E-state index in [1.165, 1.54) is 42.4 Å². The smallest absolute Gasteiger partial charge is 0.123 e. The van der Waals surface area contributed by atoms with Gasteiger partial charge in [0.05, 0.1) is 23.9 Å². The first-order chi connectivity index (χ1) is 17.7. The first-order valence-electron chi connectivity index (χ1n) is 12.6. The van der Waals surface area contributed by atoms with Gasteiger partial charge >= 0.3 is 0 Å². The molecule has 0 N–H and O–H groups in total. The molecule has 0 spiro atoms. The van der Waals surface area contributed by atoms with Crippen LogP contribution in [-0.2, 0) is 0 Å². The summed E-state index contributed by atoms with van der Waals surface area (Å²) >= 11 is 0. The van der Waals surface area contributed by atoms with Gasteiger partial charge in [-0.1, -0.05) is 104 Å². The number of nitrogens with zero attached hydrogens (tertiary/aromatic N) is 2. The van der Waals surface area contributed by atoms with Crippen molar-refractivity contribution in [3.63, 3.8) is 0 Å². The Balaban J connectivity index is 0.000000170. The third-order valence-corrected chi connectivity index (χ3v) is 6.38. The van der Waals surface area contributed by atoms with Crippen molar-refractivity contribution in [2.24, 2.45) is 0 Å². The molecule has 2 nitrogen and oxygen atoms in total. The van der Waals surface area contributed by atoms with Crippen LogP contribution in [0.4, 0.5) is 4.39 Å². The average Bonchev–Trinajstić information content (AvgIpc) is 3.41. The second kappa shape index (κ2) is 12.7. The zero-order valence-electron chi connectivity index (χ0n) is 21.0. The number of benzene rings is 4. The van der Waals surface area contributed by atoms with Gasteiger partial charge in [-0.25, -0.2) is 9.37 Å². The van der Waals surface area contributed by atoms with Crippen molar-refractivity contribution in [3.05, 3.63) is 144 Å². The van der Waals surface area contributed by atoms with E-state index < -0.39 is 0 Å². The van der Waals surface area contributed by atoms with Gasteiger partial charge in [-0.3, -0.25) is 4.57 Å². The van der Waals surface area contributed by atoms with Crippen molar-refractivity contribution < 1.29 is 4.39 Å². The molecule has 5 aromatic rings. The molecule has 180 valence electrons. The summed E-state index contributed by atoms with van der Waals surface area (Å²) in [6.45, 7) is 1.90. The third kappa shape index (κ3) is 6.39. The highest BCUT2D eigenvalue weighted by molar-refractivity contribution is 6.08. The summed E-state index contributed by atoms with van der Waals surface area (Å²) in [7, 11) is 2.26. The summed E-state index contributed by atoms with van der Waals surface area (Å²) in [4.78, 5) is 4.21. The van der Waals surface area contributed by atoms with Crippen LogP contribution >= 0.6 is 0 Å². The van der Waals surface area contributed by atoms with Crippen molar-refractivity contribution in [1.82, 2.24) is 9.55 Å². The molecule has 5 rings (SSSR count). The fraction of sp³-hybridized carbons (Fsp3) is 0.156. The largest absolute Gasteiger partial charge is 0.299 e. The van der Waals surface area contributed by atoms with Gasteiger partial charge in [0.15, 0.2) is 0 Å². The van der Waals surface area contributed by atoms with Gasteiger partial charge < -0.3 is 0 Å². The molecule has 4 aromatic carbocycles. The predicted molar refractivity (Wildman–Crippen MR) is 151 cm³/mol. The first kappa shape index (κ1) is 25.2. The SMILES string of the molecule is BCCCC(c1ccccc1)c1ccccc1.Cc1cc(F)ccc1-n1cncc1-c1ccccc1. The molecule has 0 atom stereocenters. The van der Waals surface area contributed by atoms with E-state index in [1.54, 1.807) is 12.4 Å². The maximum atomic E-state index is 13.2. The van der Waals surface area contributed by atoms with Crippen molar-refractivity contribution in [2.75, 3.05) is 0 Å². The van der Waals surface area contributed by atoms with Crippen LogP contribution in [0.3, 0.4) is 0 Å². The number of aromatic nitrogens is 2. The Labute approximate surface area is 214 Å². The zero-order valence-corrected chi connectivity index (χ0v) is 21.0. The molecular weight excluding hydrogens is 442 g/mol. The number of rotatable bonds is 7. The van der Waals surface area contributed by atoms with Crippen LogP contribution in [-0.4, -0.2) is 17.4 Å². The standard InChI is InChI=1S/C16H19B.C16H13FN2/c17-13-7-12-16(14-8-3-1-4-9-14)15-10-5-2-6-11-15;1-12-9-14(17)7-8-15(12)19-11-18-10-16(19)13-5-3-2-4-6-13/h1-6,8-11,16H,7,12-13,17H2;2-11H,1H3. The lowest BCUT2D eigenvalue weighted by Gasteiger charge is -2.17. The molecule has 0 aliphatic carbocycles. The van der Waals surface area contributed by atoms with Crippen LogP contribution < -0.4 is 0 Å². The quantitative estimate of drug-likeness (QED) is 0.222. The van der Waals surface area contributed by atoms with E-state index in [0.717, 1.165) is 22.5 Å². The molecule has 0 radical (unpaired) electrons. The highest BCUT2D eigenvalue weighted by Crippen LogP contribution is 2.29. The fourth-order valence-corrected chi connectivity index (χ4v) is 4.50. The molecule has 36 heavy (non-hydrogen) atoms. The summed E-state index contributed by atoms with van der Waals surface area (Å²) in [5, 5.41) is 0. The van der Waals surface area contributed by atoms with Crippen LogP contribution in [0.5, 0.6) is 0 Å². The lowest BCUT2D eigenvalue weighted by atomic mass is 9.85. The second-order valence-corrected chi connectivity index (χ2v) is 8.96. The Kier molecular flexibility index (Phi) is 8.88. The number of hydrogen-bond acceptors (Lipinski definition) is 1. The van der Waals surface area contributed by atoms with Crippen molar-refractivity contribution in [2.45, 2.75) is 32.0 Å². The normalized spacial score (nSPS) is 10.6. The van der Waals surface area contributed by atoms with Crippen LogP contribution in [0.25, 0.3) is 16.9 Å². The molecule has 0 aliphatic rings. The lowest BCUT2D eigenvalue weighted by molar-refractivity contribution is 0.626. The highest BCUT2D eigenvalue weighted by atomic mass is 19.1. The topological polar surface area (TPSA) is 17.8 Å². The molecule has 0 aliphatic heterocycles. The monoisotopic (exact) mass is 474 g/mol. The minimum atomic E-state index is -0.220. The van der Waals surface area contributed by atoms with Gasteiger partial charge in [0.25, 0.3) is 0 Å². The van der Waals surface area contributed by atoms with Gasteiger partial charge in [0.2, 0.25) is 0 Å². The average molecular weight is 474 g/mol. The first-order valence-corrected chi connectivity index (χ1v) is 12.6. The molecule has 1 heterocycles. The fourth-order valence-electron chi connectivity index (χ4n) is 4.50. The molecule has 0 fully saturated rings. The van der Waals surface area contributed by atoms with E-state index in [4.69, 9.17) is 0 Å². The Morgan fingerprint density at radius 3 is 1.94 bits per heavy atom. The molecule has 0 bridgehead atoms. The Bertz CT molecular complexity index is 1300. The van der Waals surface area contributed by atoms with Crippen molar-refractivity contribution in [3.8, 4) is 16.9 Å². The van der Waals surface area contributed by atoms with Gasteiger partial charge in [0, 0.05) is 11.5 Å². The van der Waals surface area contributed by atoms with Crippen LogP contribution in [0.15, 0.2) is 122 Å². The van der Waals surface area contributed by atoms with Gasteiger partial charge in [-0.15, -0.1) is 0 Å². The molecule has 4 heteroatoms. The number of imidazole rings is 1. The molecule has 0 unspecified atom stereocenters. The minimum absolute atomic E-state index is 0.220. The summed E-state index contributed by atoms with van der Waals surface area (Å²) in [6, 6.07) is 36.5. The molecule has 1 aromatic heterocycles. The van der Waals surface area contributed by atoms with E-state index in [1.807, 2.05) is 48.0 Å². The molecule has 0 saturated heterocycles. The van der Waals surface area contributed by atoms with Crippen molar-refractivity contribution in [1.29, 1.82) is 0 Å². The molecule has 0 saturated carbocycles. The highest BCUT2D eigenvalue weighted by Gasteiger charge is 2.12. The Morgan fingerprint density at radius 2 is 1.39 bits per heavy atom. The van der Waals surface area contributed by atoms with E-state index in [2.05, 4.69) is 73.5 Å². The van der Waals surface area contributed by atoms with Gasteiger partial charge in [-0.2, -0.15) is 0 Å². The number of aryl methyl sites for hydroxylation is 1. The maximum absolute atomic E-state index is 13.2. The second-order valence-electron chi connectivity index (χ2n) is 8.96. The maximum Gasteiger partial charge on any atom is 0.123 e. The van der Waals surface area contributed by atoms with E-state index in [9.17, 15) is 4.39 Å². The summed E-state index contributed by atoms with van der Waals surface area (Å²) < 4.78 is 15.2.